The Morgan fingerprint density at radius 1 is 1.00 bits per heavy atom. The van der Waals surface area contributed by atoms with Gasteiger partial charge in [-0.2, -0.15) is 5.90 Å². The van der Waals surface area contributed by atoms with Crippen molar-refractivity contribution in [2.75, 3.05) is 0 Å². The third-order valence-electron chi connectivity index (χ3n) is 0. The molecular weight excluding hydrogens is 262 g/mol. The summed E-state index contributed by atoms with van der Waals surface area (Å²) in [5.41, 5.74) is 0. The zero-order valence-corrected chi connectivity index (χ0v) is 5.90. The standard InChI is InChI=1S/H3NO.3H2O.W/c1-2;;;;/h1H3;3*1H2;/q+1;;;;+2/p-1. The van der Waals surface area contributed by atoms with E-state index >= 15 is 0 Å². The average molecular weight is 270 g/mol. The van der Waals surface area contributed by atoms with Crippen LogP contribution in [0, 0.1) is 0 Å². The Kier molecular flexibility index (Phi) is 6820. The van der Waals surface area contributed by atoms with Gasteiger partial charge in [0.15, 0.2) is 0 Å². The summed E-state index contributed by atoms with van der Waals surface area (Å²) in [7, 11) is 0. The average Bonchev–Trinajstić information content (AvgIpc) is 1.00. The van der Waals surface area contributed by atoms with Crippen LogP contribution in [0.5, 0.6) is 0 Å². The van der Waals surface area contributed by atoms with Crippen molar-refractivity contribution < 1.29 is 48.6 Å². The van der Waals surface area contributed by atoms with E-state index in [0.717, 1.165) is 0 Å². The van der Waals surface area contributed by atoms with Crippen molar-refractivity contribution in [1.82, 2.24) is 0 Å². The fourth-order valence-corrected chi connectivity index (χ4v) is 0. The van der Waals surface area contributed by atoms with Crippen molar-refractivity contribution in [1.29, 1.82) is 0 Å². The van der Waals surface area contributed by atoms with Crippen LogP contribution < -0.4 is 5.90 Å². The summed E-state index contributed by atoms with van der Waals surface area (Å²) in [6, 6.07) is 0. The Bertz CT molecular complexity index is 7.51. The van der Waals surface area contributed by atoms with Gasteiger partial charge in [0.25, 0.3) is 0 Å². The van der Waals surface area contributed by atoms with Crippen molar-refractivity contribution in [2.45, 2.75) is 0 Å². The third kappa shape index (κ3) is 229. The molecule has 41 valence electrons. The van der Waals surface area contributed by atoms with E-state index in [1.807, 2.05) is 5.90 Å². The molecule has 0 bridgehead atoms. The van der Waals surface area contributed by atoms with Gasteiger partial charge in [-0.1, -0.05) is 0 Å². The first-order valence-electron chi connectivity index (χ1n) is 0.289. The molecule has 0 spiro atoms. The zero-order chi connectivity index (χ0) is 2.00. The van der Waals surface area contributed by atoms with Gasteiger partial charge in [0.2, 0.25) is 0 Å². The van der Waals surface area contributed by atoms with Gasteiger partial charge in [0.1, 0.15) is 0 Å². The van der Waals surface area contributed by atoms with Gasteiger partial charge in [0.05, 0.1) is 0 Å². The molecule has 0 amide bonds. The molecule has 0 aromatic carbocycles. The summed E-state index contributed by atoms with van der Waals surface area (Å²) in [6.45, 7) is 0. The minimum absolute atomic E-state index is 0. The van der Waals surface area contributed by atoms with Gasteiger partial charge in [-0.3, -0.25) is 0 Å². The fourth-order valence-electron chi connectivity index (χ4n) is 0. The van der Waals surface area contributed by atoms with Crippen LogP contribution in [0.1, 0.15) is 0 Å². The van der Waals surface area contributed by atoms with Gasteiger partial charge in [0, 0.05) is 5.21 Å². The summed E-state index contributed by atoms with van der Waals surface area (Å²) in [4.78, 5) is 0. The van der Waals surface area contributed by atoms with Crippen LogP contribution in [0.25, 0.3) is 0 Å². The van der Waals surface area contributed by atoms with Crippen molar-refractivity contribution in [3.05, 3.63) is 0 Å². The predicted molar refractivity (Wildman–Crippen MR) is 12.7 cm³/mol. The molecule has 0 atom stereocenters. The van der Waals surface area contributed by atoms with E-state index in [1.165, 1.54) is 0 Å². The molecule has 8 N–H and O–H groups in total. The molecule has 0 aromatic rings. The Morgan fingerprint density at radius 2 is 1.00 bits per heavy atom. The maximum atomic E-state index is 8.00. The molecule has 0 unspecified atom stereocenters. The molecule has 0 heterocycles. The second-order valence-corrected chi connectivity index (χ2v) is 0. The largest absolute Gasteiger partial charge is 2.00 e. The second-order valence-electron chi connectivity index (χ2n) is 0. The molecule has 0 aliphatic carbocycles. The predicted octanol–water partition coefficient (Wildman–Crippen LogP) is -3.25. The van der Waals surface area contributed by atoms with Crippen LogP contribution >= 0.6 is 0 Å². The minimum Gasteiger partial charge on any atom is -0.870 e. The van der Waals surface area contributed by atoms with Gasteiger partial charge >= 0.3 is 21.1 Å². The van der Waals surface area contributed by atoms with Crippen LogP contribution in [-0.2, 0) is 26.3 Å². The Balaban J connectivity index is -0.000000000833. The van der Waals surface area contributed by atoms with Crippen LogP contribution in [-0.4, -0.2) is 16.4 Å². The van der Waals surface area contributed by atoms with Crippen molar-refractivity contribution in [3.8, 4) is 0 Å². The first kappa shape index (κ1) is 88.2. The van der Waals surface area contributed by atoms with Crippen LogP contribution in [0.15, 0.2) is 0 Å². The molecule has 6 heavy (non-hydrogen) atoms. The zero-order valence-electron chi connectivity index (χ0n) is 2.97. The molecule has 5 nitrogen and oxygen atoms in total. The molecule has 0 rings (SSSR count). The number of rotatable bonds is 0. The van der Waals surface area contributed by atoms with E-state index in [-0.39, 0.29) is 37.5 Å². The van der Waals surface area contributed by atoms with Crippen LogP contribution in [0.4, 0.5) is 0 Å². The molecule has 0 saturated carbocycles. The van der Waals surface area contributed by atoms with Crippen molar-refractivity contribution in [2.24, 2.45) is 0 Å². The second kappa shape index (κ2) is 464. The van der Waals surface area contributed by atoms with Crippen LogP contribution in [0.2, 0.25) is 0 Å². The van der Waals surface area contributed by atoms with E-state index in [4.69, 9.17) is 5.21 Å². The molecular formula is H8NO4W+2. The van der Waals surface area contributed by atoms with Crippen molar-refractivity contribution in [3.63, 3.8) is 0 Å². The molecule has 0 fully saturated rings. The summed E-state index contributed by atoms with van der Waals surface area (Å²) >= 11 is 0. The maximum absolute atomic E-state index is 8.00. The normalized spacial score (nSPS) is 1.00. The summed E-state index contributed by atoms with van der Waals surface area (Å²) in [5, 5.41) is 8.00. The van der Waals surface area contributed by atoms with Gasteiger partial charge in [-0.15, -0.1) is 0 Å². The number of hydrogen-bond donors (Lipinski definition) is 1. The van der Waals surface area contributed by atoms with Gasteiger partial charge in [-0.05, 0) is 0 Å². The molecule has 0 saturated heterocycles. The van der Waals surface area contributed by atoms with E-state index in [9.17, 15) is 0 Å². The summed E-state index contributed by atoms with van der Waals surface area (Å²) in [5.74, 6) is 2.00. The Hall–Kier alpha value is 0.488. The van der Waals surface area contributed by atoms with E-state index in [1.54, 1.807) is 0 Å². The molecule has 0 aromatic heterocycles. The number of quaternary nitrogens is 1. The smallest absolute Gasteiger partial charge is 0.870 e. The minimum atomic E-state index is 0. The summed E-state index contributed by atoms with van der Waals surface area (Å²) < 4.78 is 0. The molecule has 6 heteroatoms. The Morgan fingerprint density at radius 3 is 1.00 bits per heavy atom. The SMILES string of the molecule is O.O.[NH3+][O].[OH-].[W+2]. The fraction of sp³-hybridized carbons (Fsp3) is 0. The molecule has 0 aliphatic rings. The van der Waals surface area contributed by atoms with E-state index in [2.05, 4.69) is 0 Å². The van der Waals surface area contributed by atoms with Crippen molar-refractivity contribution >= 4 is 0 Å². The van der Waals surface area contributed by atoms with Crippen LogP contribution in [0.3, 0.4) is 0 Å². The third-order valence-corrected chi connectivity index (χ3v) is 0. The van der Waals surface area contributed by atoms with E-state index < -0.39 is 0 Å². The topological polar surface area (TPSA) is 141 Å². The Labute approximate surface area is 49.3 Å². The molecule has 1 radical (unpaired) electrons. The van der Waals surface area contributed by atoms with Gasteiger partial charge < -0.3 is 16.4 Å². The van der Waals surface area contributed by atoms with E-state index in [0.29, 0.717) is 0 Å². The monoisotopic (exact) mass is 270 g/mol. The summed E-state index contributed by atoms with van der Waals surface area (Å²) in [6.07, 6.45) is 0. The van der Waals surface area contributed by atoms with Gasteiger partial charge in [-0.25, -0.2) is 0 Å². The first-order chi connectivity index (χ1) is 1.00. The maximum Gasteiger partial charge on any atom is 2.00 e. The quantitative estimate of drug-likeness (QED) is 0.453. The molecule has 0 aliphatic heterocycles. The number of hydrogen-bond acceptors (Lipinski definition) is 1. The first-order valence-corrected chi connectivity index (χ1v) is 0.289.